The van der Waals surface area contributed by atoms with Crippen molar-refractivity contribution in [3.05, 3.63) is 71.9 Å². The summed E-state index contributed by atoms with van der Waals surface area (Å²) < 4.78 is 7.07. The maximum absolute atomic E-state index is 13.1. The van der Waals surface area contributed by atoms with E-state index < -0.39 is 0 Å². The molecular formula is C23H27ClN4O2. The largest absolute Gasteiger partial charge is 0.497 e. The van der Waals surface area contributed by atoms with Crippen LogP contribution in [0.1, 0.15) is 28.8 Å². The average Bonchev–Trinajstić information content (AvgIpc) is 3.52. The van der Waals surface area contributed by atoms with E-state index in [0.29, 0.717) is 30.3 Å². The number of carbonyl (C=O) groups is 1. The molecule has 1 fully saturated rings. The first-order valence-electron chi connectivity index (χ1n) is 9.94. The summed E-state index contributed by atoms with van der Waals surface area (Å²) in [5, 5.41) is 7.84. The van der Waals surface area contributed by atoms with Gasteiger partial charge in [-0.15, -0.1) is 12.4 Å². The molecule has 158 valence electrons. The number of hydrogen-bond donors (Lipinski definition) is 2. The van der Waals surface area contributed by atoms with Crippen LogP contribution in [0.3, 0.4) is 0 Å². The third kappa shape index (κ3) is 5.01. The number of rotatable bonds is 8. The Morgan fingerprint density at radius 2 is 1.90 bits per heavy atom. The number of methoxy groups -OCH3 is 1. The van der Waals surface area contributed by atoms with Gasteiger partial charge in [-0.05, 0) is 48.6 Å². The maximum atomic E-state index is 13.1. The van der Waals surface area contributed by atoms with Crippen molar-refractivity contribution in [3.8, 4) is 17.0 Å². The van der Waals surface area contributed by atoms with E-state index in [4.69, 9.17) is 15.6 Å². The van der Waals surface area contributed by atoms with Gasteiger partial charge in [0.25, 0.3) is 5.91 Å². The highest BCUT2D eigenvalue weighted by atomic mass is 35.5. The monoisotopic (exact) mass is 426 g/mol. The Morgan fingerprint density at radius 1 is 1.20 bits per heavy atom. The lowest BCUT2D eigenvalue weighted by Crippen LogP contribution is -2.41. The Labute approximate surface area is 182 Å². The molecule has 0 bridgehead atoms. The molecular weight excluding hydrogens is 400 g/mol. The number of nitrogens with two attached hydrogens (primary N) is 1. The zero-order valence-corrected chi connectivity index (χ0v) is 17.8. The SMILES string of the molecule is COc1ccc(-c2nn(Cc3ccccc3)cc2C(=O)NC(CN)C2CC2)cc1.Cl. The van der Waals surface area contributed by atoms with Crippen LogP contribution in [0.5, 0.6) is 5.75 Å². The molecule has 1 unspecified atom stereocenters. The molecule has 30 heavy (non-hydrogen) atoms. The van der Waals surface area contributed by atoms with Crippen LogP contribution in [0, 0.1) is 5.92 Å². The summed E-state index contributed by atoms with van der Waals surface area (Å²) in [6.07, 6.45) is 4.07. The number of benzene rings is 2. The van der Waals surface area contributed by atoms with Crippen molar-refractivity contribution >= 4 is 18.3 Å². The van der Waals surface area contributed by atoms with Crippen LogP contribution in [0.25, 0.3) is 11.3 Å². The van der Waals surface area contributed by atoms with E-state index in [1.165, 1.54) is 0 Å². The molecule has 2 aromatic carbocycles. The quantitative estimate of drug-likeness (QED) is 0.577. The lowest BCUT2D eigenvalue weighted by Gasteiger charge is -2.15. The predicted molar refractivity (Wildman–Crippen MR) is 120 cm³/mol. The predicted octanol–water partition coefficient (Wildman–Crippen LogP) is 3.50. The summed E-state index contributed by atoms with van der Waals surface area (Å²) in [5.74, 6) is 1.13. The fraction of sp³-hybridized carbons (Fsp3) is 0.304. The highest BCUT2D eigenvalue weighted by Gasteiger charge is 2.32. The van der Waals surface area contributed by atoms with Crippen LogP contribution < -0.4 is 15.8 Å². The van der Waals surface area contributed by atoms with Gasteiger partial charge in [-0.25, -0.2) is 0 Å². The van der Waals surface area contributed by atoms with Gasteiger partial charge < -0.3 is 15.8 Å². The van der Waals surface area contributed by atoms with Crippen molar-refractivity contribution < 1.29 is 9.53 Å². The summed E-state index contributed by atoms with van der Waals surface area (Å²) in [4.78, 5) is 13.1. The maximum Gasteiger partial charge on any atom is 0.255 e. The minimum atomic E-state index is -0.127. The normalized spacial score (nSPS) is 13.9. The van der Waals surface area contributed by atoms with Crippen molar-refractivity contribution in [1.82, 2.24) is 15.1 Å². The molecule has 1 amide bonds. The lowest BCUT2D eigenvalue weighted by molar-refractivity contribution is 0.0934. The molecule has 1 aliphatic rings. The van der Waals surface area contributed by atoms with E-state index in [1.807, 2.05) is 65.5 Å². The van der Waals surface area contributed by atoms with Gasteiger partial charge in [0.2, 0.25) is 0 Å². The molecule has 4 rings (SSSR count). The Balaban J connectivity index is 0.00000256. The smallest absolute Gasteiger partial charge is 0.255 e. The van der Waals surface area contributed by atoms with Crippen molar-refractivity contribution in [1.29, 1.82) is 0 Å². The van der Waals surface area contributed by atoms with Crippen LogP contribution in [0.15, 0.2) is 60.8 Å². The van der Waals surface area contributed by atoms with Crippen molar-refractivity contribution in [2.75, 3.05) is 13.7 Å². The topological polar surface area (TPSA) is 82.2 Å². The Hall–Kier alpha value is -2.83. The van der Waals surface area contributed by atoms with Crippen molar-refractivity contribution in [2.24, 2.45) is 11.7 Å². The first-order valence-corrected chi connectivity index (χ1v) is 9.94. The minimum Gasteiger partial charge on any atom is -0.497 e. The van der Waals surface area contributed by atoms with E-state index >= 15 is 0 Å². The van der Waals surface area contributed by atoms with Gasteiger partial charge in [-0.2, -0.15) is 5.10 Å². The van der Waals surface area contributed by atoms with E-state index in [2.05, 4.69) is 5.32 Å². The highest BCUT2D eigenvalue weighted by Crippen LogP contribution is 2.32. The minimum absolute atomic E-state index is 0. The van der Waals surface area contributed by atoms with E-state index in [-0.39, 0.29) is 24.4 Å². The summed E-state index contributed by atoms with van der Waals surface area (Å²) in [6, 6.07) is 17.7. The molecule has 0 aliphatic heterocycles. The second-order valence-electron chi connectivity index (χ2n) is 7.46. The standard InChI is InChI=1S/C23H26N4O2.ClH/c1-29-19-11-9-18(10-12-19)22-20(23(28)25-21(13-24)17-7-8-17)15-27(26-22)14-16-5-3-2-4-6-16;/h2-6,9-12,15,17,21H,7-8,13-14,24H2,1H3,(H,25,28);1H. The van der Waals surface area contributed by atoms with Crippen molar-refractivity contribution in [2.45, 2.75) is 25.4 Å². The molecule has 1 aromatic heterocycles. The number of nitrogens with zero attached hydrogens (tertiary/aromatic N) is 2. The van der Waals surface area contributed by atoms with Crippen LogP contribution in [0.2, 0.25) is 0 Å². The van der Waals surface area contributed by atoms with Crippen LogP contribution in [0.4, 0.5) is 0 Å². The number of nitrogens with one attached hydrogen (secondary N) is 1. The molecule has 1 heterocycles. The first kappa shape index (κ1) is 21.9. The molecule has 7 heteroatoms. The van der Waals surface area contributed by atoms with Gasteiger partial charge in [-0.3, -0.25) is 9.48 Å². The molecule has 1 saturated carbocycles. The number of hydrogen-bond acceptors (Lipinski definition) is 4. The number of amides is 1. The molecule has 1 aliphatic carbocycles. The zero-order chi connectivity index (χ0) is 20.2. The number of halogens is 1. The number of aromatic nitrogens is 2. The third-order valence-corrected chi connectivity index (χ3v) is 5.32. The van der Waals surface area contributed by atoms with Crippen molar-refractivity contribution in [3.63, 3.8) is 0 Å². The fourth-order valence-corrected chi connectivity index (χ4v) is 3.52. The van der Waals surface area contributed by atoms with Crippen LogP contribution in [-0.4, -0.2) is 35.4 Å². The molecule has 0 spiro atoms. The lowest BCUT2D eigenvalue weighted by atomic mass is 10.1. The Bertz CT molecular complexity index is 969. The first-order chi connectivity index (χ1) is 14.2. The fourth-order valence-electron chi connectivity index (χ4n) is 3.52. The van der Waals surface area contributed by atoms with Gasteiger partial charge in [0, 0.05) is 24.3 Å². The van der Waals surface area contributed by atoms with Crippen LogP contribution in [-0.2, 0) is 6.54 Å². The molecule has 0 saturated heterocycles. The number of carbonyl (C=O) groups excluding carboxylic acids is 1. The second kappa shape index (κ2) is 9.78. The van der Waals surface area contributed by atoms with E-state index in [1.54, 1.807) is 7.11 Å². The highest BCUT2D eigenvalue weighted by molar-refractivity contribution is 6.00. The molecule has 3 aromatic rings. The Kier molecular flexibility index (Phi) is 7.13. The van der Waals surface area contributed by atoms with Gasteiger partial charge in [0.15, 0.2) is 0 Å². The van der Waals surface area contributed by atoms with E-state index in [0.717, 1.165) is 29.7 Å². The third-order valence-electron chi connectivity index (χ3n) is 5.32. The summed E-state index contributed by atoms with van der Waals surface area (Å²) in [5.41, 5.74) is 9.10. The van der Waals surface area contributed by atoms with Gasteiger partial charge >= 0.3 is 0 Å². The van der Waals surface area contributed by atoms with Crippen LogP contribution >= 0.6 is 12.4 Å². The van der Waals surface area contributed by atoms with E-state index in [9.17, 15) is 4.79 Å². The number of ether oxygens (including phenoxy) is 1. The zero-order valence-electron chi connectivity index (χ0n) is 17.0. The van der Waals surface area contributed by atoms with Gasteiger partial charge in [0.05, 0.1) is 19.2 Å². The molecule has 1 atom stereocenters. The Morgan fingerprint density at radius 3 is 2.50 bits per heavy atom. The molecule has 0 radical (unpaired) electrons. The molecule has 3 N–H and O–H groups in total. The summed E-state index contributed by atoms with van der Waals surface area (Å²) in [7, 11) is 1.63. The van der Waals surface area contributed by atoms with Gasteiger partial charge in [-0.1, -0.05) is 30.3 Å². The van der Waals surface area contributed by atoms with Gasteiger partial charge in [0.1, 0.15) is 11.4 Å². The summed E-state index contributed by atoms with van der Waals surface area (Å²) in [6.45, 7) is 1.05. The average molecular weight is 427 g/mol. The summed E-state index contributed by atoms with van der Waals surface area (Å²) >= 11 is 0. The second-order valence-corrected chi connectivity index (χ2v) is 7.46. The molecule has 6 nitrogen and oxygen atoms in total.